The first-order valence-corrected chi connectivity index (χ1v) is 8.43. The van der Waals surface area contributed by atoms with E-state index in [9.17, 15) is 12.5 Å². The fourth-order valence-corrected chi connectivity index (χ4v) is 2.86. The predicted molar refractivity (Wildman–Crippen MR) is 90.2 cm³/mol. The molecule has 0 saturated heterocycles. The van der Waals surface area contributed by atoms with Crippen molar-refractivity contribution in [2.75, 3.05) is 0 Å². The molecule has 0 bridgehead atoms. The first-order chi connectivity index (χ1) is 11.5. The van der Waals surface area contributed by atoms with Gasteiger partial charge in [0, 0.05) is 0 Å². The summed E-state index contributed by atoms with van der Waals surface area (Å²) >= 11 is 0. The van der Waals surface area contributed by atoms with Crippen molar-refractivity contribution in [2.45, 2.75) is 0 Å². The molecule has 0 aromatic heterocycles. The molecule has 0 N–H and O–H groups in total. The van der Waals surface area contributed by atoms with E-state index in [1.165, 1.54) is 24.3 Å². The van der Waals surface area contributed by atoms with Crippen LogP contribution in [0.3, 0.4) is 0 Å². The Balaban J connectivity index is 1.80. The minimum Gasteiger partial charge on any atom is -0.373 e. The molecule has 0 aliphatic heterocycles. The van der Waals surface area contributed by atoms with Gasteiger partial charge in [-0.25, -0.2) is 4.39 Å². The molecule has 0 fully saturated rings. The van der Waals surface area contributed by atoms with Gasteiger partial charge in [-0.1, -0.05) is 46.4 Å². The second-order valence-corrected chi connectivity index (χ2v) is 6.13. The first kappa shape index (κ1) is 16.1. The number of halogens is 2. The van der Waals surface area contributed by atoms with Crippen LogP contribution in [-0.2, 0) is 10.4 Å². The van der Waals surface area contributed by atoms with E-state index in [0.29, 0.717) is 0 Å². The molecular formula is C18H13F2NO2S. The van der Waals surface area contributed by atoms with Crippen molar-refractivity contribution in [1.82, 2.24) is 0 Å². The Hall–Kier alpha value is -2.73. The number of benzene rings is 3. The van der Waals surface area contributed by atoms with E-state index in [1.807, 2.05) is 30.3 Å². The molecule has 0 heterocycles. The molecule has 122 valence electrons. The topological polar surface area (TPSA) is 38.7 Å². The first-order valence-electron chi connectivity index (χ1n) is 7.09. The maximum Gasteiger partial charge on any atom is 0.382 e. The van der Waals surface area contributed by atoms with Crippen LogP contribution in [0.4, 0.5) is 14.0 Å². The largest absolute Gasteiger partial charge is 0.382 e. The van der Waals surface area contributed by atoms with Crippen molar-refractivity contribution >= 4 is 16.1 Å². The molecule has 3 aromatic rings. The van der Waals surface area contributed by atoms with Gasteiger partial charge in [-0.3, -0.25) is 0 Å². The molecule has 6 heteroatoms. The normalized spacial score (nSPS) is 13.1. The highest BCUT2D eigenvalue weighted by Gasteiger charge is 2.10. The maximum absolute atomic E-state index is 14.0. The van der Waals surface area contributed by atoms with Crippen molar-refractivity contribution in [2.24, 2.45) is 4.36 Å². The third-order valence-corrected chi connectivity index (χ3v) is 4.03. The van der Waals surface area contributed by atoms with Gasteiger partial charge in [0.2, 0.25) is 0 Å². The summed E-state index contributed by atoms with van der Waals surface area (Å²) in [6, 6.07) is 20.8. The van der Waals surface area contributed by atoms with E-state index < -0.39 is 16.2 Å². The quantitative estimate of drug-likeness (QED) is 0.588. The number of nitrogens with zero attached hydrogens (tertiary/aromatic N) is 1. The van der Waals surface area contributed by atoms with Gasteiger partial charge in [0.15, 0.2) is 0 Å². The molecule has 1 atom stereocenters. The summed E-state index contributed by atoms with van der Waals surface area (Å²) in [5.74, 6) is -0.398. The lowest BCUT2D eigenvalue weighted by Gasteiger charge is -2.06. The monoisotopic (exact) mass is 345 g/mol. The van der Waals surface area contributed by atoms with Gasteiger partial charge < -0.3 is 4.18 Å². The lowest BCUT2D eigenvalue weighted by molar-refractivity contribution is 0.505. The second-order valence-electron chi connectivity index (χ2n) is 4.95. The Kier molecular flexibility index (Phi) is 4.57. The Morgan fingerprint density at radius 2 is 1.38 bits per heavy atom. The van der Waals surface area contributed by atoms with E-state index in [-0.39, 0.29) is 11.4 Å². The summed E-state index contributed by atoms with van der Waals surface area (Å²) in [6.45, 7) is 0. The molecule has 3 nitrogen and oxygen atoms in total. The Labute approximate surface area is 139 Å². The minimum absolute atomic E-state index is 0.0322. The van der Waals surface area contributed by atoms with E-state index in [1.54, 1.807) is 12.1 Å². The molecule has 3 aromatic carbocycles. The highest BCUT2D eigenvalue weighted by atomic mass is 32.3. The van der Waals surface area contributed by atoms with Gasteiger partial charge >= 0.3 is 10.4 Å². The summed E-state index contributed by atoms with van der Waals surface area (Å²) in [4.78, 5) is 0. The molecule has 0 aliphatic carbocycles. The summed E-state index contributed by atoms with van der Waals surface area (Å²) in [5.41, 5.74) is 1.95. The standard InChI is InChI=1S/C18H13F2NO2S/c19-16-8-10-17(11-9-16)21-24(20,22)23-18-12-6-15(7-13-18)14-4-2-1-3-5-14/h1-13H. The third-order valence-electron chi connectivity index (χ3n) is 3.20. The predicted octanol–water partition coefficient (Wildman–Crippen LogP) is 5.47. The number of rotatable bonds is 4. The Morgan fingerprint density at radius 3 is 2.00 bits per heavy atom. The van der Waals surface area contributed by atoms with Crippen LogP contribution in [0.15, 0.2) is 83.2 Å². The van der Waals surface area contributed by atoms with Crippen LogP contribution in [0.1, 0.15) is 0 Å². The summed E-state index contributed by atoms with van der Waals surface area (Å²) in [6.07, 6.45) is 0. The van der Waals surface area contributed by atoms with Crippen LogP contribution in [0, 0.1) is 5.82 Å². The summed E-state index contributed by atoms with van der Waals surface area (Å²) in [7, 11) is -4.43. The van der Waals surface area contributed by atoms with Gasteiger partial charge in [0.05, 0.1) is 5.69 Å². The molecule has 0 radical (unpaired) electrons. The average molecular weight is 345 g/mol. The van der Waals surface area contributed by atoms with E-state index in [4.69, 9.17) is 4.18 Å². The summed E-state index contributed by atoms with van der Waals surface area (Å²) in [5, 5.41) is 0. The minimum atomic E-state index is -4.43. The molecule has 3 rings (SSSR count). The fraction of sp³-hybridized carbons (Fsp3) is 0. The van der Waals surface area contributed by atoms with Crippen molar-refractivity contribution in [3.8, 4) is 16.9 Å². The van der Waals surface area contributed by atoms with Crippen LogP contribution in [0.25, 0.3) is 11.1 Å². The van der Waals surface area contributed by atoms with E-state index in [0.717, 1.165) is 23.3 Å². The number of hydrogen-bond donors (Lipinski definition) is 0. The van der Waals surface area contributed by atoms with Gasteiger partial charge in [0.25, 0.3) is 0 Å². The van der Waals surface area contributed by atoms with Crippen molar-refractivity contribution in [3.05, 3.63) is 84.7 Å². The molecule has 24 heavy (non-hydrogen) atoms. The molecule has 1 unspecified atom stereocenters. The zero-order valence-corrected chi connectivity index (χ0v) is 13.2. The third kappa shape index (κ3) is 4.17. The maximum atomic E-state index is 14.0. The van der Waals surface area contributed by atoms with Crippen molar-refractivity contribution in [1.29, 1.82) is 0 Å². The lowest BCUT2D eigenvalue weighted by Crippen LogP contribution is -2.01. The zero-order chi connectivity index (χ0) is 17.0. The van der Waals surface area contributed by atoms with Crippen LogP contribution >= 0.6 is 0 Å². The molecule has 0 amide bonds. The van der Waals surface area contributed by atoms with Crippen molar-refractivity contribution < 1.29 is 16.7 Å². The molecule has 0 aliphatic rings. The smallest absolute Gasteiger partial charge is 0.373 e. The Morgan fingerprint density at radius 1 is 0.792 bits per heavy atom. The van der Waals surface area contributed by atoms with Crippen LogP contribution in [0.5, 0.6) is 5.75 Å². The van der Waals surface area contributed by atoms with E-state index in [2.05, 4.69) is 4.36 Å². The van der Waals surface area contributed by atoms with Crippen LogP contribution in [0.2, 0.25) is 0 Å². The van der Waals surface area contributed by atoms with Gasteiger partial charge in [0.1, 0.15) is 11.6 Å². The summed E-state index contributed by atoms with van der Waals surface area (Å²) < 4.78 is 46.9. The molecule has 0 saturated carbocycles. The van der Waals surface area contributed by atoms with E-state index >= 15 is 0 Å². The van der Waals surface area contributed by atoms with Crippen molar-refractivity contribution in [3.63, 3.8) is 0 Å². The highest BCUT2D eigenvalue weighted by Crippen LogP contribution is 2.24. The highest BCUT2D eigenvalue weighted by molar-refractivity contribution is 7.84. The van der Waals surface area contributed by atoms with Gasteiger partial charge in [-0.05, 0) is 47.5 Å². The SMILES string of the molecule is O=S(F)(=Nc1ccc(F)cc1)Oc1ccc(-c2ccccc2)cc1. The lowest BCUT2D eigenvalue weighted by atomic mass is 10.1. The average Bonchev–Trinajstić information content (AvgIpc) is 2.58. The molecule has 0 spiro atoms. The fourth-order valence-electron chi connectivity index (χ4n) is 2.10. The zero-order valence-electron chi connectivity index (χ0n) is 12.4. The second kappa shape index (κ2) is 6.80. The molecular weight excluding hydrogens is 332 g/mol. The van der Waals surface area contributed by atoms with Gasteiger partial charge in [-0.2, -0.15) is 4.21 Å². The number of hydrogen-bond acceptors (Lipinski definition) is 3. The van der Waals surface area contributed by atoms with Crippen LogP contribution in [-0.4, -0.2) is 4.21 Å². The Bertz CT molecular complexity index is 933. The van der Waals surface area contributed by atoms with Gasteiger partial charge in [-0.15, -0.1) is 4.36 Å². The van der Waals surface area contributed by atoms with Crippen LogP contribution < -0.4 is 4.18 Å².